The smallest absolute Gasteiger partial charge is 0.325 e. The molecule has 18 heavy (non-hydrogen) atoms. The maximum atomic E-state index is 11.9. The van der Waals surface area contributed by atoms with Gasteiger partial charge >= 0.3 is 5.97 Å². The fraction of sp³-hybridized carbons (Fsp3) is 0.545. The van der Waals surface area contributed by atoms with E-state index in [-0.39, 0.29) is 12.5 Å². The van der Waals surface area contributed by atoms with Crippen LogP contribution in [0.5, 0.6) is 0 Å². The topological polar surface area (TPSA) is 73.2 Å². The quantitative estimate of drug-likeness (QED) is 0.642. The number of nitrogens with zero attached hydrogens (tertiary/aromatic N) is 2. The molecule has 1 amide bonds. The van der Waals surface area contributed by atoms with Crippen LogP contribution in [0.2, 0.25) is 0 Å². The van der Waals surface area contributed by atoms with Gasteiger partial charge in [0, 0.05) is 19.3 Å². The van der Waals surface area contributed by atoms with E-state index in [9.17, 15) is 9.59 Å². The summed E-state index contributed by atoms with van der Waals surface area (Å²) < 4.78 is 6.09. The molecule has 1 rings (SSSR count). The van der Waals surface area contributed by atoms with Crippen LogP contribution < -0.4 is 5.32 Å². The van der Waals surface area contributed by atoms with Crippen LogP contribution in [0.4, 0.5) is 0 Å². The Labute approximate surface area is 110 Å². The van der Waals surface area contributed by atoms with E-state index in [4.69, 9.17) is 11.6 Å². The molecule has 1 aromatic heterocycles. The number of nitrogens with one attached hydrogen (secondary N) is 1. The van der Waals surface area contributed by atoms with Crippen LogP contribution in [-0.2, 0) is 16.6 Å². The molecule has 0 bridgehead atoms. The number of alkyl halides is 1. The third kappa shape index (κ3) is 3.01. The first kappa shape index (κ1) is 14.5. The van der Waals surface area contributed by atoms with Crippen molar-refractivity contribution in [2.45, 2.75) is 19.2 Å². The first-order chi connectivity index (χ1) is 8.38. The molecule has 1 aromatic rings. The molecule has 0 aromatic carbocycles. The van der Waals surface area contributed by atoms with Crippen molar-refractivity contribution in [2.24, 2.45) is 7.05 Å². The number of halogens is 1. The maximum absolute atomic E-state index is 11.9. The molecule has 7 heteroatoms. The van der Waals surface area contributed by atoms with E-state index in [1.54, 1.807) is 25.6 Å². The SMILES string of the molecule is COC(=O)C(Cl)CNC(=O)c1c(C)nn(C)c1C. The van der Waals surface area contributed by atoms with E-state index in [0.29, 0.717) is 11.3 Å². The molecule has 0 aliphatic carbocycles. The Bertz CT molecular complexity index is 470. The Morgan fingerprint density at radius 1 is 1.50 bits per heavy atom. The van der Waals surface area contributed by atoms with E-state index in [0.717, 1.165) is 5.69 Å². The van der Waals surface area contributed by atoms with Gasteiger partial charge in [-0.15, -0.1) is 11.6 Å². The first-order valence-corrected chi connectivity index (χ1v) is 5.82. The van der Waals surface area contributed by atoms with Gasteiger partial charge in [-0.1, -0.05) is 0 Å². The molecule has 1 heterocycles. The monoisotopic (exact) mass is 273 g/mol. The van der Waals surface area contributed by atoms with Gasteiger partial charge in [0.15, 0.2) is 0 Å². The molecular formula is C11H16ClN3O3. The Hall–Kier alpha value is -1.56. The summed E-state index contributed by atoms with van der Waals surface area (Å²) in [4.78, 5) is 23.0. The molecule has 100 valence electrons. The second-order valence-electron chi connectivity index (χ2n) is 3.87. The Morgan fingerprint density at radius 3 is 2.56 bits per heavy atom. The number of amides is 1. The summed E-state index contributed by atoms with van der Waals surface area (Å²) in [7, 11) is 3.01. The summed E-state index contributed by atoms with van der Waals surface area (Å²) in [6.07, 6.45) is 0. The normalized spacial score (nSPS) is 12.1. The lowest BCUT2D eigenvalue weighted by Crippen LogP contribution is -2.34. The van der Waals surface area contributed by atoms with Crippen molar-refractivity contribution in [2.75, 3.05) is 13.7 Å². The number of ether oxygens (including phenoxy) is 1. The highest BCUT2D eigenvalue weighted by Gasteiger charge is 2.20. The van der Waals surface area contributed by atoms with Gasteiger partial charge in [0.2, 0.25) is 0 Å². The number of rotatable bonds is 4. The van der Waals surface area contributed by atoms with E-state index < -0.39 is 11.3 Å². The summed E-state index contributed by atoms with van der Waals surface area (Å²) in [6, 6.07) is 0. The molecule has 0 saturated carbocycles. The zero-order valence-electron chi connectivity index (χ0n) is 10.8. The summed E-state index contributed by atoms with van der Waals surface area (Å²) in [5.41, 5.74) is 1.90. The summed E-state index contributed by atoms with van der Waals surface area (Å²) in [6.45, 7) is 3.56. The third-order valence-electron chi connectivity index (χ3n) is 2.63. The van der Waals surface area contributed by atoms with Gasteiger partial charge < -0.3 is 10.1 Å². The molecule has 0 saturated heterocycles. The van der Waals surface area contributed by atoms with Gasteiger partial charge in [0.1, 0.15) is 5.38 Å². The highest BCUT2D eigenvalue weighted by Crippen LogP contribution is 2.11. The number of esters is 1. The maximum Gasteiger partial charge on any atom is 0.325 e. The van der Waals surface area contributed by atoms with Crippen molar-refractivity contribution >= 4 is 23.5 Å². The Kier molecular flexibility index (Phi) is 4.72. The van der Waals surface area contributed by atoms with Gasteiger partial charge in [0.05, 0.1) is 18.4 Å². The van der Waals surface area contributed by atoms with Crippen molar-refractivity contribution in [3.05, 3.63) is 17.0 Å². The molecule has 1 N–H and O–H groups in total. The van der Waals surface area contributed by atoms with Gasteiger partial charge in [-0.05, 0) is 13.8 Å². The van der Waals surface area contributed by atoms with Crippen molar-refractivity contribution in [1.82, 2.24) is 15.1 Å². The lowest BCUT2D eigenvalue weighted by molar-refractivity contribution is -0.140. The van der Waals surface area contributed by atoms with Crippen LogP contribution in [0.25, 0.3) is 0 Å². The minimum atomic E-state index is -0.892. The van der Waals surface area contributed by atoms with E-state index in [2.05, 4.69) is 15.2 Å². The average molecular weight is 274 g/mol. The van der Waals surface area contributed by atoms with Gasteiger partial charge in [-0.3, -0.25) is 14.3 Å². The van der Waals surface area contributed by atoms with Crippen molar-refractivity contribution in [3.8, 4) is 0 Å². The van der Waals surface area contributed by atoms with Crippen molar-refractivity contribution in [3.63, 3.8) is 0 Å². The molecule has 0 radical (unpaired) electrons. The molecule has 6 nitrogen and oxygen atoms in total. The molecule has 0 aliphatic heterocycles. The fourth-order valence-electron chi connectivity index (χ4n) is 1.58. The molecule has 0 spiro atoms. The van der Waals surface area contributed by atoms with Gasteiger partial charge in [-0.2, -0.15) is 5.10 Å². The Morgan fingerprint density at radius 2 is 2.11 bits per heavy atom. The second kappa shape index (κ2) is 5.86. The zero-order valence-corrected chi connectivity index (χ0v) is 11.5. The van der Waals surface area contributed by atoms with Crippen LogP contribution >= 0.6 is 11.6 Å². The van der Waals surface area contributed by atoms with E-state index in [1.807, 2.05) is 0 Å². The summed E-state index contributed by atoms with van der Waals surface area (Å²) >= 11 is 5.74. The van der Waals surface area contributed by atoms with Crippen LogP contribution in [0.1, 0.15) is 21.7 Å². The van der Waals surface area contributed by atoms with Crippen molar-refractivity contribution < 1.29 is 14.3 Å². The minimum absolute atomic E-state index is 0.0147. The molecule has 1 atom stereocenters. The number of hydrogen-bond acceptors (Lipinski definition) is 4. The zero-order chi connectivity index (χ0) is 13.9. The first-order valence-electron chi connectivity index (χ1n) is 5.38. The largest absolute Gasteiger partial charge is 0.468 e. The number of hydrogen-bond donors (Lipinski definition) is 1. The van der Waals surface area contributed by atoms with E-state index in [1.165, 1.54) is 7.11 Å². The number of carbonyl (C=O) groups excluding carboxylic acids is 2. The van der Waals surface area contributed by atoms with Crippen LogP contribution in [0.15, 0.2) is 0 Å². The Balaban J connectivity index is 2.69. The predicted octanol–water partition coefficient (Wildman–Crippen LogP) is 0.547. The highest BCUT2D eigenvalue weighted by atomic mass is 35.5. The van der Waals surface area contributed by atoms with E-state index >= 15 is 0 Å². The lowest BCUT2D eigenvalue weighted by atomic mass is 10.2. The molecule has 0 aliphatic rings. The standard InChI is InChI=1S/C11H16ClN3O3/c1-6-9(7(2)15(3)14-6)10(16)13-5-8(12)11(17)18-4/h8H,5H2,1-4H3,(H,13,16). The summed E-state index contributed by atoms with van der Waals surface area (Å²) in [5.74, 6) is -0.871. The molecule has 0 fully saturated rings. The molecule has 1 unspecified atom stereocenters. The summed E-state index contributed by atoms with van der Waals surface area (Å²) in [5, 5.41) is 5.83. The fourth-order valence-corrected chi connectivity index (χ4v) is 1.75. The van der Waals surface area contributed by atoms with Gasteiger partial charge in [-0.25, -0.2) is 0 Å². The molecular weight excluding hydrogens is 258 g/mol. The van der Waals surface area contributed by atoms with Crippen LogP contribution in [0, 0.1) is 13.8 Å². The van der Waals surface area contributed by atoms with Crippen molar-refractivity contribution in [1.29, 1.82) is 0 Å². The highest BCUT2D eigenvalue weighted by molar-refractivity contribution is 6.30. The van der Waals surface area contributed by atoms with Gasteiger partial charge in [0.25, 0.3) is 5.91 Å². The lowest BCUT2D eigenvalue weighted by Gasteiger charge is -2.09. The average Bonchev–Trinajstić information content (AvgIpc) is 2.59. The number of carbonyl (C=O) groups is 2. The minimum Gasteiger partial charge on any atom is -0.468 e. The number of aryl methyl sites for hydroxylation is 2. The number of methoxy groups -OCH3 is 1. The number of aromatic nitrogens is 2. The third-order valence-corrected chi connectivity index (χ3v) is 2.97. The van der Waals surface area contributed by atoms with Crippen LogP contribution in [-0.4, -0.2) is 40.7 Å². The van der Waals surface area contributed by atoms with Crippen LogP contribution in [0.3, 0.4) is 0 Å². The second-order valence-corrected chi connectivity index (χ2v) is 4.40. The predicted molar refractivity (Wildman–Crippen MR) is 66.7 cm³/mol.